The van der Waals surface area contributed by atoms with E-state index in [1.54, 1.807) is 32.1 Å². The number of carbonyl (C=O) groups excluding carboxylic acids is 3. The van der Waals surface area contributed by atoms with Crippen molar-refractivity contribution < 1.29 is 58.1 Å². The summed E-state index contributed by atoms with van der Waals surface area (Å²) >= 11 is 0. The Morgan fingerprint density at radius 2 is 1.58 bits per heavy atom. The molecule has 13 nitrogen and oxygen atoms in total. The van der Waals surface area contributed by atoms with Crippen LogP contribution in [-0.4, -0.2) is 103 Å². The molecule has 3 aliphatic rings. The summed E-state index contributed by atoms with van der Waals surface area (Å²) in [5, 5.41) is 38.1. The standard InChI is InChI=1S/C52H71NO12/c1-29(2)48-34(7)44(63-45(54)27-53-51(58)62-28-41-39-20-14-12-18-37(39)38-19-13-15-21-40(38)41)26-52(59,65-48)36(9)47(56)35(8)49-42(60-10)22-16-17-30(3)23-32(5)46(55)33(6)24-31(4)25-43(61-11)50(57)64-49/h12-22,24-25,29,32-36,41-42,44,46-49,55-56,59H,23,26-28H2,1-11H3,(H,53,58)/b22-16-,30-17+,31-24+,43-25+. The number of carbonyl (C=O) groups is 3. The summed E-state index contributed by atoms with van der Waals surface area (Å²) in [7, 11) is 2.83. The van der Waals surface area contributed by atoms with Crippen LogP contribution in [0.4, 0.5) is 4.79 Å². The molecule has 2 aromatic rings. The number of fused-ring (bicyclic) bond motifs is 3. The van der Waals surface area contributed by atoms with Crippen LogP contribution in [0.15, 0.2) is 95.8 Å². The molecule has 2 aromatic carbocycles. The lowest BCUT2D eigenvalue weighted by atomic mass is 9.76. The van der Waals surface area contributed by atoms with Crippen molar-refractivity contribution in [1.82, 2.24) is 5.32 Å². The van der Waals surface area contributed by atoms with Crippen molar-refractivity contribution in [3.8, 4) is 11.1 Å². The molecule has 13 heteroatoms. The van der Waals surface area contributed by atoms with Crippen LogP contribution in [0, 0.1) is 35.5 Å². The molecule has 4 N–H and O–H groups in total. The van der Waals surface area contributed by atoms with E-state index in [-0.39, 0.29) is 48.4 Å². The Kier molecular flexibility index (Phi) is 17.8. The minimum atomic E-state index is -2.00. The van der Waals surface area contributed by atoms with Crippen LogP contribution in [0.25, 0.3) is 11.1 Å². The van der Waals surface area contributed by atoms with Gasteiger partial charge in [-0.15, -0.1) is 0 Å². The quantitative estimate of drug-likeness (QED) is 0.120. The summed E-state index contributed by atoms with van der Waals surface area (Å²) in [5.41, 5.74) is 6.03. The maximum absolute atomic E-state index is 13.8. The topological polar surface area (TPSA) is 179 Å². The summed E-state index contributed by atoms with van der Waals surface area (Å²) in [6.07, 6.45) is 3.20. The molecule has 0 radical (unpaired) electrons. The zero-order valence-corrected chi connectivity index (χ0v) is 39.9. The number of esters is 2. The smallest absolute Gasteiger partial charge is 0.407 e. The van der Waals surface area contributed by atoms with Crippen molar-refractivity contribution in [2.45, 2.75) is 123 Å². The third kappa shape index (κ3) is 12.4. The predicted molar refractivity (Wildman–Crippen MR) is 247 cm³/mol. The lowest BCUT2D eigenvalue weighted by molar-refractivity contribution is -0.329. The Morgan fingerprint density at radius 3 is 2.18 bits per heavy atom. The monoisotopic (exact) mass is 901 g/mol. The van der Waals surface area contributed by atoms with Crippen molar-refractivity contribution in [2.24, 2.45) is 35.5 Å². The Balaban J connectivity index is 1.30. The van der Waals surface area contributed by atoms with Gasteiger partial charge in [0.2, 0.25) is 5.76 Å². The highest BCUT2D eigenvalue weighted by molar-refractivity contribution is 5.87. The van der Waals surface area contributed by atoms with Gasteiger partial charge in [0.05, 0.1) is 25.4 Å². The lowest BCUT2D eigenvalue weighted by Crippen LogP contribution is -2.60. The average molecular weight is 902 g/mol. The van der Waals surface area contributed by atoms with Crippen LogP contribution in [-0.2, 0) is 38.0 Å². The molecular weight excluding hydrogens is 831 g/mol. The van der Waals surface area contributed by atoms with Gasteiger partial charge in [-0.05, 0) is 60.4 Å². The normalized spacial score (nSPS) is 32.1. The number of allylic oxidation sites excluding steroid dienone is 5. The predicted octanol–water partition coefficient (Wildman–Crippen LogP) is 7.78. The number of methoxy groups -OCH3 is 2. The molecule has 2 aliphatic heterocycles. The number of hydrogen-bond acceptors (Lipinski definition) is 12. The number of ether oxygens (including phenoxy) is 6. The number of aliphatic hydroxyl groups excluding tert-OH is 2. The van der Waals surface area contributed by atoms with E-state index in [0.717, 1.165) is 27.8 Å². The van der Waals surface area contributed by atoms with E-state index in [1.807, 2.05) is 109 Å². The van der Waals surface area contributed by atoms with Crippen molar-refractivity contribution in [3.05, 3.63) is 107 Å². The molecular formula is C52H71NO12. The van der Waals surface area contributed by atoms with Crippen LogP contribution in [0.2, 0.25) is 0 Å². The van der Waals surface area contributed by atoms with Crippen LogP contribution in [0.5, 0.6) is 0 Å². The number of alkyl carbamates (subject to hydrolysis) is 1. The second-order valence-electron chi connectivity index (χ2n) is 18.7. The molecule has 65 heavy (non-hydrogen) atoms. The number of nitrogens with one attached hydrogen (secondary N) is 1. The first kappa shape index (κ1) is 51.2. The maximum atomic E-state index is 13.8. The van der Waals surface area contributed by atoms with Crippen LogP contribution >= 0.6 is 0 Å². The molecule has 0 spiro atoms. The molecule has 0 aromatic heterocycles. The minimum absolute atomic E-state index is 0.0508. The fourth-order valence-corrected chi connectivity index (χ4v) is 9.67. The highest BCUT2D eigenvalue weighted by Gasteiger charge is 2.53. The summed E-state index contributed by atoms with van der Waals surface area (Å²) in [6.45, 7) is 16.4. The van der Waals surface area contributed by atoms with E-state index in [0.29, 0.717) is 12.0 Å². The summed E-state index contributed by atoms with van der Waals surface area (Å²) < 4.78 is 35.5. The third-order valence-corrected chi connectivity index (χ3v) is 13.5. The van der Waals surface area contributed by atoms with Gasteiger partial charge in [-0.25, -0.2) is 9.59 Å². The summed E-state index contributed by atoms with van der Waals surface area (Å²) in [5.74, 6) is -6.39. The van der Waals surface area contributed by atoms with Gasteiger partial charge in [0.25, 0.3) is 0 Å². The molecule has 12 atom stereocenters. The van der Waals surface area contributed by atoms with Gasteiger partial charge in [0.1, 0.15) is 31.5 Å². The number of amides is 1. The molecule has 12 unspecified atom stereocenters. The molecule has 1 amide bonds. The Labute approximate surface area is 384 Å². The Bertz CT molecular complexity index is 2050. The van der Waals surface area contributed by atoms with E-state index in [9.17, 15) is 29.7 Å². The summed E-state index contributed by atoms with van der Waals surface area (Å²) in [4.78, 5) is 40.1. The molecule has 1 aliphatic carbocycles. The number of rotatable bonds is 12. The van der Waals surface area contributed by atoms with Gasteiger partial charge in [0.15, 0.2) is 5.79 Å². The SMILES string of the molecule is CO/C1=C/C(C)=C/C(C)C(O)C(C)C/C(C)=C/C=C\C(OC)C(C(C)C(O)C(C)C2(O)CC(OC(=O)CNC(=O)OCC3c4ccccc4-c4ccccc43)C(C)C(C(C)C)O2)OC1=O. The minimum Gasteiger partial charge on any atom is -0.490 e. The lowest BCUT2D eigenvalue weighted by Gasteiger charge is -2.50. The fourth-order valence-electron chi connectivity index (χ4n) is 9.67. The second kappa shape index (κ2) is 22.6. The molecule has 2 heterocycles. The van der Waals surface area contributed by atoms with Gasteiger partial charge >= 0.3 is 18.0 Å². The van der Waals surface area contributed by atoms with Crippen molar-refractivity contribution in [1.29, 1.82) is 0 Å². The number of aliphatic hydroxyl groups is 3. The Hall–Kier alpha value is -4.79. The van der Waals surface area contributed by atoms with E-state index in [4.69, 9.17) is 28.4 Å². The highest BCUT2D eigenvalue weighted by atomic mass is 16.6. The van der Waals surface area contributed by atoms with Gasteiger partial charge in [0, 0.05) is 43.1 Å². The van der Waals surface area contributed by atoms with Crippen LogP contribution in [0.1, 0.15) is 92.2 Å². The molecule has 0 saturated carbocycles. The zero-order valence-electron chi connectivity index (χ0n) is 39.9. The fraction of sp³-hybridized carbons (Fsp3) is 0.558. The zero-order chi connectivity index (χ0) is 47.7. The van der Waals surface area contributed by atoms with Crippen LogP contribution in [0.3, 0.4) is 0 Å². The third-order valence-electron chi connectivity index (χ3n) is 13.5. The van der Waals surface area contributed by atoms with E-state index >= 15 is 0 Å². The largest absolute Gasteiger partial charge is 0.490 e. The molecule has 356 valence electrons. The van der Waals surface area contributed by atoms with Gasteiger partial charge in [-0.3, -0.25) is 4.79 Å². The molecule has 1 fully saturated rings. The Morgan fingerprint density at radius 1 is 0.954 bits per heavy atom. The van der Waals surface area contributed by atoms with Crippen molar-refractivity contribution in [3.63, 3.8) is 0 Å². The van der Waals surface area contributed by atoms with Crippen LogP contribution < -0.4 is 5.32 Å². The molecule has 5 rings (SSSR count). The number of hydrogen-bond donors (Lipinski definition) is 4. The number of cyclic esters (lactones) is 1. The van der Waals surface area contributed by atoms with E-state index < -0.39 is 78.8 Å². The first-order valence-electron chi connectivity index (χ1n) is 22.9. The average Bonchev–Trinajstić information content (AvgIpc) is 3.60. The van der Waals surface area contributed by atoms with Gasteiger partial charge in [-0.1, -0.05) is 132 Å². The summed E-state index contributed by atoms with van der Waals surface area (Å²) in [6, 6.07) is 16.0. The maximum Gasteiger partial charge on any atom is 0.407 e. The van der Waals surface area contributed by atoms with Gasteiger partial charge < -0.3 is 49.1 Å². The highest BCUT2D eigenvalue weighted by Crippen LogP contribution is 2.45. The van der Waals surface area contributed by atoms with E-state index in [1.165, 1.54) is 14.2 Å². The van der Waals surface area contributed by atoms with Gasteiger partial charge in [-0.2, -0.15) is 0 Å². The van der Waals surface area contributed by atoms with Crippen molar-refractivity contribution >= 4 is 18.0 Å². The molecule has 1 saturated heterocycles. The first-order valence-corrected chi connectivity index (χ1v) is 22.9. The van der Waals surface area contributed by atoms with E-state index in [2.05, 4.69) is 5.32 Å². The number of benzene rings is 2. The first-order chi connectivity index (χ1) is 30.8. The molecule has 0 bridgehead atoms. The second-order valence-corrected chi connectivity index (χ2v) is 18.7. The van der Waals surface area contributed by atoms with Crippen molar-refractivity contribution in [2.75, 3.05) is 27.4 Å².